The molecule has 1 aliphatic rings. The van der Waals surface area contributed by atoms with Gasteiger partial charge in [0.15, 0.2) is 4.77 Å². The van der Waals surface area contributed by atoms with Gasteiger partial charge in [-0.25, -0.2) is 4.98 Å². The van der Waals surface area contributed by atoms with E-state index in [1.165, 1.54) is 0 Å². The molecule has 134 valence electrons. The largest absolute Gasteiger partial charge is 0.474 e. The molecule has 0 bridgehead atoms. The van der Waals surface area contributed by atoms with Crippen LogP contribution < -0.4 is 4.74 Å². The monoisotopic (exact) mass is 386 g/mol. The molecule has 0 spiro atoms. The summed E-state index contributed by atoms with van der Waals surface area (Å²) in [5, 5.41) is 8.15. The number of nitrogens with one attached hydrogen (secondary N) is 1. The summed E-state index contributed by atoms with van der Waals surface area (Å²) < 4.78 is 8.61. The van der Waals surface area contributed by atoms with Crippen LogP contribution >= 0.6 is 23.8 Å². The second-order valence-electron chi connectivity index (χ2n) is 6.46. The summed E-state index contributed by atoms with van der Waals surface area (Å²) in [6.07, 6.45) is 5.91. The van der Waals surface area contributed by atoms with Crippen LogP contribution in [0.4, 0.5) is 0 Å². The van der Waals surface area contributed by atoms with Crippen LogP contribution in [0.25, 0.3) is 5.69 Å². The Morgan fingerprint density at radius 1 is 1.08 bits per heavy atom. The van der Waals surface area contributed by atoms with Crippen molar-refractivity contribution in [2.45, 2.75) is 37.7 Å². The molecule has 1 fully saturated rings. The predicted octanol–water partition coefficient (Wildman–Crippen LogP) is 5.08. The average molecular weight is 387 g/mol. The molecular formula is C19H19ClN4OS. The highest BCUT2D eigenvalue weighted by molar-refractivity contribution is 7.71. The van der Waals surface area contributed by atoms with Crippen LogP contribution in [0.15, 0.2) is 48.7 Å². The van der Waals surface area contributed by atoms with Gasteiger partial charge >= 0.3 is 0 Å². The predicted molar refractivity (Wildman–Crippen MR) is 104 cm³/mol. The van der Waals surface area contributed by atoms with Gasteiger partial charge in [0.05, 0.1) is 0 Å². The van der Waals surface area contributed by atoms with E-state index < -0.39 is 0 Å². The molecule has 1 aromatic carbocycles. The number of halogens is 1. The van der Waals surface area contributed by atoms with E-state index in [0.29, 0.717) is 21.6 Å². The van der Waals surface area contributed by atoms with Crippen LogP contribution in [0, 0.1) is 4.77 Å². The Hall–Kier alpha value is -2.18. The molecule has 3 aromatic rings. The smallest absolute Gasteiger partial charge is 0.213 e. The lowest BCUT2D eigenvalue weighted by Gasteiger charge is -2.28. The topological polar surface area (TPSA) is 55.7 Å². The highest BCUT2D eigenvalue weighted by Gasteiger charge is 2.27. The molecule has 2 heterocycles. The van der Waals surface area contributed by atoms with E-state index in [0.717, 1.165) is 37.2 Å². The second-order valence-corrected chi connectivity index (χ2v) is 7.28. The number of nitrogens with zero attached hydrogens (tertiary/aromatic N) is 3. The van der Waals surface area contributed by atoms with Crippen molar-refractivity contribution < 1.29 is 4.74 Å². The van der Waals surface area contributed by atoms with Crippen LogP contribution in [-0.2, 0) is 0 Å². The summed E-state index contributed by atoms with van der Waals surface area (Å²) in [4.78, 5) is 4.25. The quantitative estimate of drug-likeness (QED) is 0.635. The molecular weight excluding hydrogens is 368 g/mol. The van der Waals surface area contributed by atoms with E-state index in [9.17, 15) is 0 Å². The number of hydrogen-bond donors (Lipinski definition) is 1. The molecule has 1 N–H and O–H groups in total. The highest BCUT2D eigenvalue weighted by Crippen LogP contribution is 2.34. The fourth-order valence-corrected chi connectivity index (χ4v) is 3.82. The van der Waals surface area contributed by atoms with Crippen molar-refractivity contribution in [1.82, 2.24) is 19.7 Å². The maximum atomic E-state index is 6.01. The maximum absolute atomic E-state index is 6.01. The van der Waals surface area contributed by atoms with Crippen molar-refractivity contribution in [2.75, 3.05) is 0 Å². The standard InChI is InChI=1S/C19H19ClN4OS/c20-14-6-8-15(9-7-14)24-18(22-23-19(24)26)13-4-10-16(11-5-13)25-17-3-1-2-12-21-17/h1-3,6-9,12-13,16H,4-5,10-11H2,(H,23,26)/t13-,16-. The lowest BCUT2D eigenvalue weighted by atomic mass is 9.86. The SMILES string of the molecule is S=c1[nH]nc([C@H]2CC[C@H](Oc3ccccn3)CC2)n1-c1ccc(Cl)cc1. The minimum atomic E-state index is 0.201. The Kier molecular flexibility index (Phi) is 5.04. The molecule has 4 rings (SSSR count). The molecule has 0 aliphatic heterocycles. The summed E-state index contributed by atoms with van der Waals surface area (Å²) in [7, 11) is 0. The van der Waals surface area contributed by atoms with Crippen molar-refractivity contribution in [1.29, 1.82) is 0 Å². The number of benzene rings is 1. The second kappa shape index (κ2) is 7.60. The fourth-order valence-electron chi connectivity index (χ4n) is 3.45. The summed E-state index contributed by atoms with van der Waals surface area (Å²) in [6.45, 7) is 0. The van der Waals surface area contributed by atoms with E-state index in [4.69, 9.17) is 28.6 Å². The minimum absolute atomic E-state index is 0.201. The Morgan fingerprint density at radius 3 is 2.54 bits per heavy atom. The lowest BCUT2D eigenvalue weighted by molar-refractivity contribution is 0.139. The first-order chi connectivity index (χ1) is 12.7. The zero-order valence-electron chi connectivity index (χ0n) is 14.1. The summed E-state index contributed by atoms with van der Waals surface area (Å²) in [5.41, 5.74) is 0.981. The molecule has 1 aliphatic carbocycles. The molecule has 0 amide bonds. The van der Waals surface area contributed by atoms with Crippen molar-refractivity contribution in [2.24, 2.45) is 0 Å². The third-order valence-corrected chi connectivity index (χ3v) is 5.27. The summed E-state index contributed by atoms with van der Waals surface area (Å²) in [6, 6.07) is 13.4. The zero-order chi connectivity index (χ0) is 17.9. The van der Waals surface area contributed by atoms with E-state index in [1.54, 1.807) is 6.20 Å². The Labute approximate surface area is 162 Å². The van der Waals surface area contributed by atoms with Crippen LogP contribution in [0.5, 0.6) is 5.88 Å². The number of aromatic amines is 1. The molecule has 1 saturated carbocycles. The maximum Gasteiger partial charge on any atom is 0.213 e. The van der Waals surface area contributed by atoms with Gasteiger partial charge in [-0.15, -0.1) is 0 Å². The molecule has 0 unspecified atom stereocenters. The highest BCUT2D eigenvalue weighted by atomic mass is 35.5. The van der Waals surface area contributed by atoms with Crippen molar-refractivity contribution in [3.8, 4) is 11.6 Å². The van der Waals surface area contributed by atoms with Gasteiger partial charge in [-0.1, -0.05) is 17.7 Å². The van der Waals surface area contributed by atoms with Gasteiger partial charge in [0.1, 0.15) is 11.9 Å². The van der Waals surface area contributed by atoms with E-state index in [2.05, 4.69) is 15.2 Å². The Bertz CT molecular complexity index is 915. The van der Waals surface area contributed by atoms with Crippen LogP contribution in [0.3, 0.4) is 0 Å². The third kappa shape index (κ3) is 3.66. The van der Waals surface area contributed by atoms with Crippen LogP contribution in [0.2, 0.25) is 5.02 Å². The number of pyridine rings is 1. The molecule has 2 aromatic heterocycles. The number of aromatic nitrogens is 4. The van der Waals surface area contributed by atoms with Crippen molar-refractivity contribution >= 4 is 23.8 Å². The summed E-state index contributed by atoms with van der Waals surface area (Å²) in [5.74, 6) is 2.02. The third-order valence-electron chi connectivity index (χ3n) is 4.75. The number of hydrogen-bond acceptors (Lipinski definition) is 4. The molecule has 0 saturated heterocycles. The van der Waals surface area contributed by atoms with Crippen molar-refractivity contribution in [3.05, 3.63) is 64.3 Å². The van der Waals surface area contributed by atoms with Crippen LogP contribution in [0.1, 0.15) is 37.4 Å². The molecule has 0 atom stereocenters. The molecule has 7 heteroatoms. The zero-order valence-corrected chi connectivity index (χ0v) is 15.7. The first kappa shape index (κ1) is 17.2. The Balaban J connectivity index is 1.48. The van der Waals surface area contributed by atoms with Crippen LogP contribution in [-0.4, -0.2) is 25.9 Å². The normalized spacial score (nSPS) is 20.0. The molecule has 0 radical (unpaired) electrons. The number of rotatable bonds is 4. The minimum Gasteiger partial charge on any atom is -0.474 e. The van der Waals surface area contributed by atoms with Gasteiger partial charge in [-0.05, 0) is 68.2 Å². The van der Waals surface area contributed by atoms with E-state index in [1.807, 2.05) is 47.0 Å². The first-order valence-corrected chi connectivity index (χ1v) is 9.50. The van der Waals surface area contributed by atoms with Gasteiger partial charge in [0.2, 0.25) is 5.88 Å². The first-order valence-electron chi connectivity index (χ1n) is 8.71. The molecule has 5 nitrogen and oxygen atoms in total. The Morgan fingerprint density at radius 2 is 1.85 bits per heavy atom. The summed E-state index contributed by atoms with van der Waals surface area (Å²) >= 11 is 11.5. The fraction of sp³-hybridized carbons (Fsp3) is 0.316. The van der Waals surface area contributed by atoms with Gasteiger partial charge in [0, 0.05) is 28.9 Å². The van der Waals surface area contributed by atoms with E-state index in [-0.39, 0.29) is 6.10 Å². The van der Waals surface area contributed by atoms with Gasteiger partial charge < -0.3 is 4.74 Å². The lowest BCUT2D eigenvalue weighted by Crippen LogP contribution is -2.25. The van der Waals surface area contributed by atoms with Gasteiger partial charge in [0.25, 0.3) is 0 Å². The van der Waals surface area contributed by atoms with Gasteiger partial charge in [-0.3, -0.25) is 9.67 Å². The van der Waals surface area contributed by atoms with E-state index >= 15 is 0 Å². The van der Waals surface area contributed by atoms with Gasteiger partial charge in [-0.2, -0.15) is 5.10 Å². The molecule has 26 heavy (non-hydrogen) atoms. The van der Waals surface area contributed by atoms with Crippen molar-refractivity contribution in [3.63, 3.8) is 0 Å². The number of ether oxygens (including phenoxy) is 1. The number of H-pyrrole nitrogens is 1. The average Bonchev–Trinajstić information content (AvgIpc) is 3.05.